The number of aryl methyl sites for hydroxylation is 3. The second-order valence-corrected chi connectivity index (χ2v) is 6.31. The molecule has 26 heavy (non-hydrogen) atoms. The summed E-state index contributed by atoms with van der Waals surface area (Å²) in [6, 6.07) is 8.91. The van der Waals surface area contributed by atoms with Crippen LogP contribution >= 0.6 is 0 Å². The summed E-state index contributed by atoms with van der Waals surface area (Å²) in [7, 11) is 0. The van der Waals surface area contributed by atoms with Gasteiger partial charge in [0, 0.05) is 29.9 Å². The lowest BCUT2D eigenvalue weighted by Crippen LogP contribution is -2.38. The van der Waals surface area contributed by atoms with Crippen LogP contribution in [0.1, 0.15) is 24.2 Å². The van der Waals surface area contributed by atoms with Crippen LogP contribution in [-0.2, 0) is 6.54 Å². The van der Waals surface area contributed by atoms with E-state index in [1.165, 1.54) is 0 Å². The van der Waals surface area contributed by atoms with Crippen LogP contribution < -0.4 is 10.6 Å². The molecule has 2 N–H and O–H groups in total. The van der Waals surface area contributed by atoms with Crippen molar-refractivity contribution in [3.63, 3.8) is 0 Å². The van der Waals surface area contributed by atoms with E-state index < -0.39 is 0 Å². The fourth-order valence-corrected chi connectivity index (χ4v) is 2.67. The Hall–Kier alpha value is -3.16. The summed E-state index contributed by atoms with van der Waals surface area (Å²) in [4.78, 5) is 12.2. The largest absolute Gasteiger partial charge is 0.421 e. The monoisotopic (exact) mass is 354 g/mol. The summed E-state index contributed by atoms with van der Waals surface area (Å²) in [6.45, 7) is 8.25. The van der Waals surface area contributed by atoms with E-state index in [4.69, 9.17) is 4.42 Å². The number of urea groups is 1. The zero-order valence-corrected chi connectivity index (χ0v) is 15.3. The van der Waals surface area contributed by atoms with E-state index in [9.17, 15) is 4.79 Å². The topological polar surface area (TPSA) is 97.9 Å². The van der Waals surface area contributed by atoms with E-state index in [1.807, 2.05) is 43.7 Å². The van der Waals surface area contributed by atoms with E-state index >= 15 is 0 Å². The third-order valence-electron chi connectivity index (χ3n) is 3.84. The number of hydrogen-bond donors (Lipinski definition) is 2. The average Bonchev–Trinajstić information content (AvgIpc) is 3.13. The number of anilines is 1. The number of nitrogens with zero attached hydrogens (tertiary/aromatic N) is 4. The van der Waals surface area contributed by atoms with E-state index in [0.29, 0.717) is 24.0 Å². The molecule has 2 aromatic heterocycles. The summed E-state index contributed by atoms with van der Waals surface area (Å²) >= 11 is 0. The van der Waals surface area contributed by atoms with E-state index in [0.717, 1.165) is 17.0 Å². The Labute approximate surface area is 151 Å². The molecule has 1 aromatic carbocycles. The van der Waals surface area contributed by atoms with Gasteiger partial charge in [-0.15, -0.1) is 10.2 Å². The lowest BCUT2D eigenvalue weighted by molar-refractivity contribution is 0.247. The molecule has 136 valence electrons. The second-order valence-electron chi connectivity index (χ2n) is 6.31. The first-order chi connectivity index (χ1) is 12.4. The second kappa shape index (κ2) is 7.38. The minimum absolute atomic E-state index is 0.0614. The molecule has 8 heteroatoms. The number of carbonyl (C=O) groups is 1. The molecule has 0 saturated heterocycles. The number of nitrogens with one attached hydrogen (secondary N) is 2. The van der Waals surface area contributed by atoms with Gasteiger partial charge in [-0.2, -0.15) is 5.10 Å². The van der Waals surface area contributed by atoms with Gasteiger partial charge in [-0.1, -0.05) is 0 Å². The Morgan fingerprint density at radius 1 is 1.19 bits per heavy atom. The van der Waals surface area contributed by atoms with Crippen LogP contribution in [0.5, 0.6) is 0 Å². The van der Waals surface area contributed by atoms with Crippen LogP contribution in [0.3, 0.4) is 0 Å². The molecule has 3 rings (SSSR count). The molecule has 0 bridgehead atoms. The summed E-state index contributed by atoms with van der Waals surface area (Å²) < 4.78 is 7.27. The van der Waals surface area contributed by atoms with Gasteiger partial charge in [-0.3, -0.25) is 4.68 Å². The maximum absolute atomic E-state index is 12.2. The highest BCUT2D eigenvalue weighted by Crippen LogP contribution is 2.20. The van der Waals surface area contributed by atoms with Gasteiger partial charge in [0.1, 0.15) is 0 Å². The first kappa shape index (κ1) is 17.7. The molecule has 0 aliphatic heterocycles. The van der Waals surface area contributed by atoms with Crippen molar-refractivity contribution in [2.75, 3.05) is 5.32 Å². The van der Waals surface area contributed by atoms with Gasteiger partial charge >= 0.3 is 6.03 Å². The molecule has 0 unspecified atom stereocenters. The van der Waals surface area contributed by atoms with E-state index in [-0.39, 0.29) is 12.1 Å². The molecule has 0 saturated carbocycles. The maximum Gasteiger partial charge on any atom is 0.319 e. The van der Waals surface area contributed by atoms with E-state index in [2.05, 4.69) is 25.9 Å². The molecular formula is C18H22N6O2. The third-order valence-corrected chi connectivity index (χ3v) is 3.84. The first-order valence-corrected chi connectivity index (χ1v) is 8.40. The number of amides is 2. The van der Waals surface area contributed by atoms with Crippen LogP contribution in [0.25, 0.3) is 11.5 Å². The van der Waals surface area contributed by atoms with Gasteiger partial charge < -0.3 is 15.1 Å². The van der Waals surface area contributed by atoms with Crippen molar-refractivity contribution in [1.29, 1.82) is 0 Å². The van der Waals surface area contributed by atoms with Crippen molar-refractivity contribution in [3.05, 3.63) is 47.6 Å². The normalized spacial score (nSPS) is 12.0. The minimum Gasteiger partial charge on any atom is -0.421 e. The molecule has 0 fully saturated rings. The molecule has 2 amide bonds. The molecule has 1 atom stereocenters. The highest BCUT2D eigenvalue weighted by molar-refractivity contribution is 5.89. The number of benzene rings is 1. The number of rotatable bonds is 5. The van der Waals surface area contributed by atoms with Gasteiger partial charge in [-0.25, -0.2) is 4.79 Å². The van der Waals surface area contributed by atoms with Gasteiger partial charge in [0.05, 0.1) is 12.2 Å². The third kappa shape index (κ3) is 4.27. The minimum atomic E-state index is -0.264. The highest BCUT2D eigenvalue weighted by atomic mass is 16.4. The first-order valence-electron chi connectivity index (χ1n) is 8.40. The SMILES string of the molecule is Cc1cc(C)n(C[C@@H](C)NC(=O)Nc2ccc(-c3nnc(C)o3)cc2)n1. The molecule has 0 radical (unpaired) electrons. The molecule has 2 heterocycles. The predicted octanol–water partition coefficient (Wildman–Crippen LogP) is 3.07. The summed E-state index contributed by atoms with van der Waals surface area (Å²) in [5.74, 6) is 0.968. The van der Waals surface area contributed by atoms with E-state index in [1.54, 1.807) is 19.1 Å². The standard InChI is InChI=1S/C18H22N6O2/c1-11-9-13(3)24(23-11)10-12(2)19-18(25)20-16-7-5-15(6-8-16)17-22-21-14(4)26-17/h5-9,12H,10H2,1-4H3,(H2,19,20,25)/t12-/m1/s1. The fraction of sp³-hybridized carbons (Fsp3) is 0.333. The quantitative estimate of drug-likeness (QED) is 0.734. The Balaban J connectivity index is 1.55. The zero-order chi connectivity index (χ0) is 18.7. The molecule has 0 aliphatic rings. The summed E-state index contributed by atoms with van der Waals surface area (Å²) in [6.07, 6.45) is 0. The number of carbonyl (C=O) groups excluding carboxylic acids is 1. The highest BCUT2D eigenvalue weighted by Gasteiger charge is 2.11. The van der Waals surface area contributed by atoms with Crippen LogP contribution in [0.15, 0.2) is 34.7 Å². The molecular weight excluding hydrogens is 332 g/mol. The summed E-state index contributed by atoms with van der Waals surface area (Å²) in [5.41, 5.74) is 3.52. The Kier molecular flexibility index (Phi) is 5.01. The van der Waals surface area contributed by atoms with Crippen LogP contribution in [0.2, 0.25) is 0 Å². The van der Waals surface area contributed by atoms with Crippen molar-refractivity contribution < 1.29 is 9.21 Å². The fourth-order valence-electron chi connectivity index (χ4n) is 2.67. The summed E-state index contributed by atoms with van der Waals surface area (Å²) in [5, 5.41) is 17.9. The number of hydrogen-bond acceptors (Lipinski definition) is 5. The van der Waals surface area contributed by atoms with Crippen molar-refractivity contribution >= 4 is 11.7 Å². The van der Waals surface area contributed by atoms with Crippen LogP contribution in [-0.4, -0.2) is 32.1 Å². The van der Waals surface area contributed by atoms with Crippen LogP contribution in [0.4, 0.5) is 10.5 Å². The maximum atomic E-state index is 12.2. The van der Waals surface area contributed by atoms with Gasteiger partial charge in [0.25, 0.3) is 0 Å². The van der Waals surface area contributed by atoms with Gasteiger partial charge in [0.2, 0.25) is 11.8 Å². The Bertz CT molecular complexity index is 897. The van der Waals surface area contributed by atoms with Gasteiger partial charge in [-0.05, 0) is 51.1 Å². The van der Waals surface area contributed by atoms with Crippen molar-refractivity contribution in [3.8, 4) is 11.5 Å². The average molecular weight is 354 g/mol. The molecule has 3 aromatic rings. The number of aromatic nitrogens is 4. The van der Waals surface area contributed by atoms with Crippen molar-refractivity contribution in [2.45, 2.75) is 40.3 Å². The van der Waals surface area contributed by atoms with Crippen molar-refractivity contribution in [2.24, 2.45) is 0 Å². The zero-order valence-electron chi connectivity index (χ0n) is 15.3. The molecule has 8 nitrogen and oxygen atoms in total. The Morgan fingerprint density at radius 2 is 1.92 bits per heavy atom. The Morgan fingerprint density at radius 3 is 2.50 bits per heavy atom. The lowest BCUT2D eigenvalue weighted by atomic mass is 10.2. The molecule has 0 aliphatic carbocycles. The van der Waals surface area contributed by atoms with Crippen LogP contribution in [0, 0.1) is 20.8 Å². The van der Waals surface area contributed by atoms with Crippen molar-refractivity contribution in [1.82, 2.24) is 25.3 Å². The molecule has 0 spiro atoms. The van der Waals surface area contributed by atoms with Gasteiger partial charge in [0.15, 0.2) is 0 Å². The lowest BCUT2D eigenvalue weighted by Gasteiger charge is -2.15. The smallest absolute Gasteiger partial charge is 0.319 e. The predicted molar refractivity (Wildman–Crippen MR) is 97.8 cm³/mol.